The summed E-state index contributed by atoms with van der Waals surface area (Å²) in [4.78, 5) is 35.8. The van der Waals surface area contributed by atoms with Crippen molar-refractivity contribution in [1.29, 1.82) is 0 Å². The number of carbonyl (C=O) groups is 2. The number of hydrogen-bond donors (Lipinski definition) is 6. The topological polar surface area (TPSA) is 210 Å². The van der Waals surface area contributed by atoms with Crippen molar-refractivity contribution < 1.29 is 63.1 Å². The maximum absolute atomic E-state index is 12.8. The van der Waals surface area contributed by atoms with Crippen LogP contribution < -0.4 is 0 Å². The lowest BCUT2D eigenvalue weighted by Crippen LogP contribution is -2.64. The van der Waals surface area contributed by atoms with E-state index in [0.29, 0.717) is 12.8 Å². The third-order valence-corrected chi connectivity index (χ3v) is 13.3. The van der Waals surface area contributed by atoms with Crippen molar-refractivity contribution in [3.63, 3.8) is 0 Å². The zero-order valence-electron chi connectivity index (χ0n) is 40.8. The van der Waals surface area contributed by atoms with Gasteiger partial charge in [-0.1, -0.05) is 199 Å². The molecule has 1 aliphatic carbocycles. The molecule has 0 amide bonds. The molecule has 0 bridgehead atoms. The zero-order valence-corrected chi connectivity index (χ0v) is 41.7. The molecule has 0 aromatic heterocycles. The Bertz CT molecular complexity index is 1230. The Morgan fingerprint density at radius 2 is 0.831 bits per heavy atom. The third-order valence-electron chi connectivity index (χ3n) is 12.3. The summed E-state index contributed by atoms with van der Waals surface area (Å²) in [6, 6.07) is 0. The standard InChI is InChI=1S/C51H95O13P/c1-3-5-7-9-11-13-15-17-19-20-21-22-23-24-26-27-29-31-33-35-37-39-44(52)61-41-43(42-62-65(59,60)64-51-49(57)47(55)46(54)48(56)50(51)58)63-45(53)40-38-36-34-32-30-28-25-18-16-14-12-10-8-6-4-2/h12,14,18,25,43,46-51,54-58H,3-11,13,15-17,19-24,26-42H2,1-2H3,(H,59,60)/b14-12-,25-18-. The van der Waals surface area contributed by atoms with Gasteiger partial charge in [0.15, 0.2) is 6.10 Å². The molecule has 0 spiro atoms. The Kier molecular flexibility index (Phi) is 39.0. The molecule has 13 nitrogen and oxygen atoms in total. The van der Waals surface area contributed by atoms with E-state index < -0.39 is 75.7 Å². The fraction of sp³-hybridized carbons (Fsp3) is 0.882. The van der Waals surface area contributed by atoms with Crippen LogP contribution in [0.25, 0.3) is 0 Å². The van der Waals surface area contributed by atoms with Gasteiger partial charge in [0.1, 0.15) is 43.2 Å². The summed E-state index contributed by atoms with van der Waals surface area (Å²) < 4.78 is 33.6. The van der Waals surface area contributed by atoms with E-state index in [0.717, 1.165) is 64.2 Å². The molecule has 1 saturated carbocycles. The van der Waals surface area contributed by atoms with Crippen molar-refractivity contribution in [3.8, 4) is 0 Å². The number of aliphatic hydroxyl groups excluding tert-OH is 5. The molecule has 382 valence electrons. The van der Waals surface area contributed by atoms with E-state index in [2.05, 4.69) is 38.2 Å². The van der Waals surface area contributed by atoms with Crippen LogP contribution in [0, 0.1) is 0 Å². The van der Waals surface area contributed by atoms with E-state index in [1.807, 2.05) is 0 Å². The van der Waals surface area contributed by atoms with Crippen LogP contribution in [-0.4, -0.2) is 98.3 Å². The van der Waals surface area contributed by atoms with Crippen LogP contribution >= 0.6 is 7.82 Å². The van der Waals surface area contributed by atoms with Gasteiger partial charge in [-0.15, -0.1) is 0 Å². The van der Waals surface area contributed by atoms with Gasteiger partial charge in [0.05, 0.1) is 6.61 Å². The number of ether oxygens (including phenoxy) is 2. The minimum absolute atomic E-state index is 0.0836. The molecular weight excluding hydrogens is 852 g/mol. The monoisotopic (exact) mass is 947 g/mol. The smallest absolute Gasteiger partial charge is 0.462 e. The van der Waals surface area contributed by atoms with E-state index in [9.17, 15) is 44.6 Å². The largest absolute Gasteiger partial charge is 0.472 e. The molecule has 14 heteroatoms. The first-order valence-corrected chi connectivity index (χ1v) is 27.6. The molecule has 65 heavy (non-hydrogen) atoms. The second kappa shape index (κ2) is 41.3. The molecule has 6 atom stereocenters. The summed E-state index contributed by atoms with van der Waals surface area (Å²) in [7, 11) is -5.12. The second-order valence-electron chi connectivity index (χ2n) is 18.4. The van der Waals surface area contributed by atoms with Gasteiger partial charge in [-0.3, -0.25) is 18.6 Å². The third kappa shape index (κ3) is 33.5. The highest BCUT2D eigenvalue weighted by Crippen LogP contribution is 2.47. The fourth-order valence-corrected chi connectivity index (χ4v) is 9.06. The summed E-state index contributed by atoms with van der Waals surface area (Å²) in [6.07, 6.45) is 33.7. The molecule has 1 rings (SSSR count). The number of rotatable bonds is 44. The van der Waals surface area contributed by atoms with Gasteiger partial charge in [-0.05, 0) is 44.9 Å². The van der Waals surface area contributed by atoms with Gasteiger partial charge in [-0.25, -0.2) is 4.57 Å². The maximum atomic E-state index is 12.8. The minimum Gasteiger partial charge on any atom is -0.462 e. The van der Waals surface area contributed by atoms with Gasteiger partial charge in [0.2, 0.25) is 0 Å². The lowest BCUT2D eigenvalue weighted by molar-refractivity contribution is -0.220. The number of aliphatic hydroxyl groups is 5. The summed E-state index contributed by atoms with van der Waals surface area (Å²) >= 11 is 0. The van der Waals surface area contributed by atoms with Gasteiger partial charge >= 0.3 is 19.8 Å². The van der Waals surface area contributed by atoms with Crippen molar-refractivity contribution in [1.82, 2.24) is 0 Å². The van der Waals surface area contributed by atoms with E-state index in [1.165, 1.54) is 128 Å². The zero-order chi connectivity index (χ0) is 47.8. The molecule has 1 fully saturated rings. The molecule has 0 heterocycles. The number of phosphoric acid groups is 1. The number of allylic oxidation sites excluding steroid dienone is 4. The number of esters is 2. The molecule has 0 aliphatic heterocycles. The van der Waals surface area contributed by atoms with Gasteiger partial charge < -0.3 is 39.9 Å². The van der Waals surface area contributed by atoms with E-state index in [-0.39, 0.29) is 12.8 Å². The van der Waals surface area contributed by atoms with E-state index in [4.69, 9.17) is 18.5 Å². The Morgan fingerprint density at radius 1 is 0.477 bits per heavy atom. The Balaban J connectivity index is 2.37. The fourth-order valence-electron chi connectivity index (χ4n) is 8.08. The van der Waals surface area contributed by atoms with Gasteiger partial charge in [0.25, 0.3) is 0 Å². The molecule has 0 saturated heterocycles. The number of unbranched alkanes of at least 4 members (excludes halogenated alkanes) is 28. The van der Waals surface area contributed by atoms with E-state index in [1.54, 1.807) is 0 Å². The SMILES string of the molecule is CCCCC/C=C\C/C=C\CCCCCCCC(=O)OC(COC(=O)CCCCCCCCCCCCCCCCCCCCCCC)COP(=O)(O)OC1C(O)C(O)C(O)C(O)C1O. The van der Waals surface area contributed by atoms with Gasteiger partial charge in [0, 0.05) is 12.8 Å². The lowest BCUT2D eigenvalue weighted by Gasteiger charge is -2.41. The number of hydrogen-bond acceptors (Lipinski definition) is 12. The summed E-state index contributed by atoms with van der Waals surface area (Å²) in [6.45, 7) is 3.30. The summed E-state index contributed by atoms with van der Waals surface area (Å²) in [5.74, 6) is -1.10. The Hall–Kier alpha value is -1.67. The predicted molar refractivity (Wildman–Crippen MR) is 258 cm³/mol. The molecule has 6 N–H and O–H groups in total. The number of phosphoric ester groups is 1. The van der Waals surface area contributed by atoms with Crippen LogP contribution in [0.15, 0.2) is 24.3 Å². The first-order chi connectivity index (χ1) is 31.4. The first-order valence-electron chi connectivity index (χ1n) is 26.1. The van der Waals surface area contributed by atoms with Gasteiger partial charge in [-0.2, -0.15) is 0 Å². The molecule has 0 radical (unpaired) electrons. The van der Waals surface area contributed by atoms with Crippen molar-refractivity contribution in [2.45, 2.75) is 275 Å². The van der Waals surface area contributed by atoms with Crippen LogP contribution in [0.4, 0.5) is 0 Å². The molecule has 0 aromatic rings. The van der Waals surface area contributed by atoms with Crippen molar-refractivity contribution in [3.05, 3.63) is 24.3 Å². The molecule has 0 aromatic carbocycles. The normalized spacial score (nSPS) is 21.5. The lowest BCUT2D eigenvalue weighted by atomic mass is 9.85. The van der Waals surface area contributed by atoms with E-state index >= 15 is 0 Å². The average Bonchev–Trinajstić information content (AvgIpc) is 3.29. The summed E-state index contributed by atoms with van der Waals surface area (Å²) in [5, 5.41) is 50.2. The van der Waals surface area contributed by atoms with Crippen LogP contribution in [0.2, 0.25) is 0 Å². The summed E-state index contributed by atoms with van der Waals surface area (Å²) in [5.41, 5.74) is 0. The molecule has 1 aliphatic rings. The highest BCUT2D eigenvalue weighted by molar-refractivity contribution is 7.47. The highest BCUT2D eigenvalue weighted by Gasteiger charge is 2.51. The predicted octanol–water partition coefficient (Wildman–Crippen LogP) is 11.2. The highest BCUT2D eigenvalue weighted by atomic mass is 31.2. The van der Waals surface area contributed by atoms with Crippen molar-refractivity contribution >= 4 is 19.8 Å². The van der Waals surface area contributed by atoms with Crippen LogP contribution in [0.3, 0.4) is 0 Å². The second-order valence-corrected chi connectivity index (χ2v) is 19.8. The molecule has 6 unspecified atom stereocenters. The average molecular weight is 947 g/mol. The van der Waals surface area contributed by atoms with Crippen LogP contribution in [-0.2, 0) is 32.7 Å². The maximum Gasteiger partial charge on any atom is 0.472 e. The Morgan fingerprint density at radius 3 is 1.28 bits per heavy atom. The minimum atomic E-state index is -5.12. The number of carbonyl (C=O) groups excluding carboxylic acids is 2. The van der Waals surface area contributed by atoms with Crippen molar-refractivity contribution in [2.24, 2.45) is 0 Å². The van der Waals surface area contributed by atoms with Crippen molar-refractivity contribution in [2.75, 3.05) is 13.2 Å². The quantitative estimate of drug-likeness (QED) is 0.0146. The van der Waals surface area contributed by atoms with Crippen LogP contribution in [0.5, 0.6) is 0 Å². The van der Waals surface area contributed by atoms with Crippen LogP contribution in [0.1, 0.15) is 232 Å². The first kappa shape index (κ1) is 61.3. The molecular formula is C51H95O13P. The Labute approximate surface area is 394 Å².